The number of anilines is 1. The monoisotopic (exact) mass is 257 g/mol. The van der Waals surface area contributed by atoms with Crippen molar-refractivity contribution in [3.05, 3.63) is 29.3 Å². The van der Waals surface area contributed by atoms with Crippen LogP contribution in [0.1, 0.15) is 48.5 Å². The third kappa shape index (κ3) is 2.55. The summed E-state index contributed by atoms with van der Waals surface area (Å²) in [6.45, 7) is 2.04. The van der Waals surface area contributed by atoms with Gasteiger partial charge in [0.1, 0.15) is 0 Å². The molecule has 1 amide bonds. The Kier molecular flexibility index (Phi) is 3.13. The molecular weight excluding hydrogens is 238 g/mol. The van der Waals surface area contributed by atoms with E-state index in [1.54, 1.807) is 0 Å². The van der Waals surface area contributed by atoms with Crippen LogP contribution in [0.15, 0.2) is 18.2 Å². The van der Waals surface area contributed by atoms with Crippen LogP contribution in [-0.4, -0.2) is 11.7 Å². The first-order valence-corrected chi connectivity index (χ1v) is 7.12. The minimum atomic E-state index is 0.0733. The van der Waals surface area contributed by atoms with E-state index < -0.39 is 0 Å². The van der Waals surface area contributed by atoms with Crippen LogP contribution in [0.2, 0.25) is 0 Å². The molecule has 2 aliphatic rings. The van der Waals surface area contributed by atoms with E-state index in [-0.39, 0.29) is 17.6 Å². The van der Waals surface area contributed by atoms with Gasteiger partial charge in [0, 0.05) is 23.6 Å². The zero-order valence-electron chi connectivity index (χ0n) is 11.2. The molecule has 19 heavy (non-hydrogen) atoms. The van der Waals surface area contributed by atoms with Gasteiger partial charge in [0.2, 0.25) is 5.91 Å². The van der Waals surface area contributed by atoms with Gasteiger partial charge in [-0.3, -0.25) is 9.59 Å². The van der Waals surface area contributed by atoms with E-state index in [9.17, 15) is 9.59 Å². The van der Waals surface area contributed by atoms with Gasteiger partial charge in [0.15, 0.2) is 5.78 Å². The van der Waals surface area contributed by atoms with Crippen LogP contribution in [0, 0.1) is 11.8 Å². The highest BCUT2D eigenvalue weighted by Crippen LogP contribution is 2.38. The van der Waals surface area contributed by atoms with Crippen molar-refractivity contribution in [1.82, 2.24) is 0 Å². The molecular formula is C16H19NO2. The zero-order valence-corrected chi connectivity index (χ0v) is 11.2. The van der Waals surface area contributed by atoms with E-state index in [2.05, 4.69) is 5.32 Å². The SMILES string of the molecule is CC(C(=O)c1ccc2c(c1)CCCC(=O)N2)C1CC1. The molecule has 0 radical (unpaired) electrons. The Hall–Kier alpha value is -1.64. The molecule has 0 aromatic heterocycles. The molecule has 1 fully saturated rings. The Bertz CT molecular complexity index is 532. The largest absolute Gasteiger partial charge is 0.326 e. The first kappa shape index (κ1) is 12.4. The maximum atomic E-state index is 12.4. The van der Waals surface area contributed by atoms with Crippen LogP contribution >= 0.6 is 0 Å². The first-order chi connectivity index (χ1) is 9.15. The van der Waals surface area contributed by atoms with Crippen molar-refractivity contribution in [3.8, 4) is 0 Å². The molecule has 1 unspecified atom stereocenters. The van der Waals surface area contributed by atoms with E-state index in [1.807, 2.05) is 25.1 Å². The van der Waals surface area contributed by atoms with Gasteiger partial charge in [-0.1, -0.05) is 6.92 Å². The number of Topliss-reactive ketones (excluding diaryl/α,β-unsaturated/α-hetero) is 1. The lowest BCUT2D eigenvalue weighted by atomic mass is 9.93. The number of nitrogens with one attached hydrogen (secondary N) is 1. The summed E-state index contributed by atoms with van der Waals surface area (Å²) in [6, 6.07) is 5.71. The number of rotatable bonds is 3. The number of carbonyl (C=O) groups is 2. The number of carbonyl (C=O) groups excluding carboxylic acids is 2. The molecule has 0 bridgehead atoms. The molecule has 1 saturated carbocycles. The average Bonchev–Trinajstić information content (AvgIpc) is 3.23. The standard InChI is InChI=1S/C16H19NO2/c1-10(11-5-6-11)16(19)13-7-8-14-12(9-13)3-2-4-15(18)17-14/h7-11H,2-6H2,1H3,(H,17,18). The van der Waals surface area contributed by atoms with Crippen molar-refractivity contribution in [2.45, 2.75) is 39.0 Å². The first-order valence-electron chi connectivity index (χ1n) is 7.12. The average molecular weight is 257 g/mol. The topological polar surface area (TPSA) is 46.2 Å². The number of ketones is 1. The Balaban J connectivity index is 1.86. The van der Waals surface area contributed by atoms with E-state index in [1.165, 1.54) is 12.8 Å². The van der Waals surface area contributed by atoms with Gasteiger partial charge in [-0.15, -0.1) is 0 Å². The number of benzene rings is 1. The van der Waals surface area contributed by atoms with Crippen molar-refractivity contribution < 1.29 is 9.59 Å². The smallest absolute Gasteiger partial charge is 0.224 e. The summed E-state index contributed by atoms with van der Waals surface area (Å²) >= 11 is 0. The van der Waals surface area contributed by atoms with Crippen molar-refractivity contribution in [2.75, 3.05) is 5.32 Å². The molecule has 1 N–H and O–H groups in total. The summed E-state index contributed by atoms with van der Waals surface area (Å²) in [5.74, 6) is 1.05. The second kappa shape index (κ2) is 4.80. The molecule has 3 rings (SSSR count). The summed E-state index contributed by atoms with van der Waals surface area (Å²) in [5.41, 5.74) is 2.77. The highest BCUT2D eigenvalue weighted by atomic mass is 16.1. The third-order valence-electron chi connectivity index (χ3n) is 4.26. The fourth-order valence-electron chi connectivity index (χ4n) is 2.80. The summed E-state index contributed by atoms with van der Waals surface area (Å²) in [7, 11) is 0. The van der Waals surface area contributed by atoms with Crippen LogP contribution in [0.3, 0.4) is 0 Å². The van der Waals surface area contributed by atoms with Crippen molar-refractivity contribution >= 4 is 17.4 Å². The molecule has 3 nitrogen and oxygen atoms in total. The number of hydrogen-bond donors (Lipinski definition) is 1. The van der Waals surface area contributed by atoms with Gasteiger partial charge >= 0.3 is 0 Å². The van der Waals surface area contributed by atoms with Gasteiger partial charge in [-0.05, 0) is 55.4 Å². The molecule has 1 aliphatic carbocycles. The minimum absolute atomic E-state index is 0.0733. The van der Waals surface area contributed by atoms with Crippen LogP contribution in [0.25, 0.3) is 0 Å². The summed E-state index contributed by atoms with van der Waals surface area (Å²) in [4.78, 5) is 23.9. The van der Waals surface area contributed by atoms with Gasteiger partial charge in [-0.25, -0.2) is 0 Å². The summed E-state index contributed by atoms with van der Waals surface area (Å²) < 4.78 is 0. The molecule has 0 spiro atoms. The molecule has 1 aliphatic heterocycles. The summed E-state index contributed by atoms with van der Waals surface area (Å²) in [5, 5.41) is 2.90. The highest BCUT2D eigenvalue weighted by Gasteiger charge is 2.33. The van der Waals surface area contributed by atoms with E-state index >= 15 is 0 Å². The fourth-order valence-corrected chi connectivity index (χ4v) is 2.80. The molecule has 3 heteroatoms. The predicted molar refractivity (Wildman–Crippen MR) is 74.2 cm³/mol. The normalized spacial score (nSPS) is 20.2. The van der Waals surface area contributed by atoms with E-state index in [0.717, 1.165) is 29.7 Å². The molecule has 1 heterocycles. The molecule has 100 valence electrons. The van der Waals surface area contributed by atoms with Crippen LogP contribution in [0.4, 0.5) is 5.69 Å². The summed E-state index contributed by atoms with van der Waals surface area (Å²) in [6.07, 6.45) is 4.67. The number of fused-ring (bicyclic) bond motifs is 1. The number of aryl methyl sites for hydroxylation is 1. The van der Waals surface area contributed by atoms with E-state index in [0.29, 0.717) is 12.3 Å². The molecule has 1 aromatic carbocycles. The third-order valence-corrected chi connectivity index (χ3v) is 4.26. The maximum Gasteiger partial charge on any atom is 0.224 e. The highest BCUT2D eigenvalue weighted by molar-refractivity contribution is 5.99. The van der Waals surface area contributed by atoms with Crippen molar-refractivity contribution in [2.24, 2.45) is 11.8 Å². The minimum Gasteiger partial charge on any atom is -0.326 e. The number of hydrogen-bond acceptors (Lipinski definition) is 2. The Morgan fingerprint density at radius 3 is 2.84 bits per heavy atom. The van der Waals surface area contributed by atoms with Crippen molar-refractivity contribution in [1.29, 1.82) is 0 Å². The Morgan fingerprint density at radius 1 is 1.32 bits per heavy atom. The molecule has 1 atom stereocenters. The Labute approximate surface area is 113 Å². The number of amides is 1. The fraction of sp³-hybridized carbons (Fsp3) is 0.500. The van der Waals surface area contributed by atoms with Gasteiger partial charge in [0.05, 0.1) is 0 Å². The Morgan fingerprint density at radius 2 is 2.11 bits per heavy atom. The second-order valence-electron chi connectivity index (χ2n) is 5.76. The van der Waals surface area contributed by atoms with Crippen LogP contribution < -0.4 is 5.32 Å². The van der Waals surface area contributed by atoms with Gasteiger partial charge < -0.3 is 5.32 Å². The molecule has 0 saturated heterocycles. The van der Waals surface area contributed by atoms with Crippen LogP contribution in [0.5, 0.6) is 0 Å². The molecule has 1 aromatic rings. The zero-order chi connectivity index (χ0) is 13.4. The van der Waals surface area contributed by atoms with E-state index in [4.69, 9.17) is 0 Å². The predicted octanol–water partition coefficient (Wildman–Crippen LogP) is 3.19. The lowest BCUT2D eigenvalue weighted by Gasteiger charge is -2.12. The van der Waals surface area contributed by atoms with Gasteiger partial charge in [-0.2, -0.15) is 0 Å². The van der Waals surface area contributed by atoms with Crippen LogP contribution in [-0.2, 0) is 11.2 Å². The van der Waals surface area contributed by atoms with Gasteiger partial charge in [0.25, 0.3) is 0 Å². The quantitative estimate of drug-likeness (QED) is 0.845. The maximum absolute atomic E-state index is 12.4. The second-order valence-corrected chi connectivity index (χ2v) is 5.76. The lowest BCUT2D eigenvalue weighted by Crippen LogP contribution is -2.14. The van der Waals surface area contributed by atoms with Crippen molar-refractivity contribution in [3.63, 3.8) is 0 Å². The lowest BCUT2D eigenvalue weighted by molar-refractivity contribution is -0.116.